The molecule has 0 unspecified atom stereocenters. The number of rotatable bonds is 8. The van der Waals surface area contributed by atoms with E-state index in [9.17, 15) is 9.90 Å². The van der Waals surface area contributed by atoms with Gasteiger partial charge in [-0.25, -0.2) is 0 Å². The summed E-state index contributed by atoms with van der Waals surface area (Å²) in [6.07, 6.45) is 2.62. The number of phenols is 1. The van der Waals surface area contributed by atoms with E-state index in [-0.39, 0.29) is 5.75 Å². The van der Waals surface area contributed by atoms with Crippen LogP contribution in [0.25, 0.3) is 10.8 Å². The Hall–Kier alpha value is -3.21. The Morgan fingerprint density at radius 3 is 2.44 bits per heavy atom. The highest BCUT2D eigenvalue weighted by Gasteiger charge is 2.04. The SMILES string of the molecule is COc1ccc2ccccc2c1O.O=CNCCCCOc1ccccc1. The summed E-state index contributed by atoms with van der Waals surface area (Å²) >= 11 is 0. The zero-order valence-electron chi connectivity index (χ0n) is 15.4. The van der Waals surface area contributed by atoms with Crippen LogP contribution in [0.4, 0.5) is 0 Å². The molecule has 0 spiro atoms. The third kappa shape index (κ3) is 6.55. The molecular weight excluding hydrogens is 342 g/mol. The molecule has 142 valence electrons. The van der Waals surface area contributed by atoms with Gasteiger partial charge in [0.05, 0.1) is 13.7 Å². The molecule has 0 fully saturated rings. The summed E-state index contributed by atoms with van der Waals surface area (Å²) in [6, 6.07) is 21.1. The molecule has 27 heavy (non-hydrogen) atoms. The van der Waals surface area contributed by atoms with Crippen LogP contribution in [0.1, 0.15) is 12.8 Å². The van der Waals surface area contributed by atoms with Crippen molar-refractivity contribution in [3.63, 3.8) is 0 Å². The molecule has 3 rings (SSSR count). The molecule has 0 saturated carbocycles. The van der Waals surface area contributed by atoms with E-state index in [1.54, 1.807) is 13.2 Å². The predicted octanol–water partition coefficient (Wildman–Crippen LogP) is 4.15. The maximum Gasteiger partial charge on any atom is 0.207 e. The Labute approximate surface area is 159 Å². The first-order chi connectivity index (χ1) is 13.3. The number of hydrogen-bond donors (Lipinski definition) is 2. The molecule has 0 aromatic heterocycles. The van der Waals surface area contributed by atoms with Gasteiger partial charge in [-0.3, -0.25) is 4.79 Å². The van der Waals surface area contributed by atoms with Crippen molar-refractivity contribution in [2.24, 2.45) is 0 Å². The number of hydrogen-bond acceptors (Lipinski definition) is 4. The van der Waals surface area contributed by atoms with E-state index in [4.69, 9.17) is 9.47 Å². The lowest BCUT2D eigenvalue weighted by Crippen LogP contribution is -2.12. The lowest BCUT2D eigenvalue weighted by Gasteiger charge is -2.05. The molecule has 0 aliphatic heterocycles. The van der Waals surface area contributed by atoms with E-state index in [2.05, 4.69) is 5.32 Å². The Morgan fingerprint density at radius 1 is 0.963 bits per heavy atom. The molecule has 0 aliphatic carbocycles. The largest absolute Gasteiger partial charge is 0.504 e. The quantitative estimate of drug-likeness (QED) is 0.464. The third-order valence-electron chi connectivity index (χ3n) is 3.89. The van der Waals surface area contributed by atoms with Crippen LogP contribution in [0.2, 0.25) is 0 Å². The minimum absolute atomic E-state index is 0.209. The van der Waals surface area contributed by atoms with Gasteiger partial charge in [-0.1, -0.05) is 48.5 Å². The van der Waals surface area contributed by atoms with Crippen LogP contribution in [0.15, 0.2) is 66.7 Å². The highest BCUT2D eigenvalue weighted by molar-refractivity contribution is 5.90. The fourth-order valence-electron chi connectivity index (χ4n) is 2.49. The molecule has 5 heteroatoms. The van der Waals surface area contributed by atoms with Gasteiger partial charge in [0.2, 0.25) is 6.41 Å². The van der Waals surface area contributed by atoms with Crippen LogP contribution in [0.3, 0.4) is 0 Å². The van der Waals surface area contributed by atoms with E-state index in [0.29, 0.717) is 12.4 Å². The first kappa shape index (κ1) is 20.1. The van der Waals surface area contributed by atoms with Crippen LogP contribution in [-0.2, 0) is 4.79 Å². The number of carbonyl (C=O) groups is 1. The summed E-state index contributed by atoms with van der Waals surface area (Å²) in [4.78, 5) is 9.92. The van der Waals surface area contributed by atoms with E-state index in [1.807, 2.05) is 60.7 Å². The molecule has 0 saturated heterocycles. The fraction of sp³-hybridized carbons (Fsp3) is 0.227. The van der Waals surface area contributed by atoms with Crippen molar-refractivity contribution in [1.29, 1.82) is 0 Å². The normalized spacial score (nSPS) is 9.81. The average Bonchev–Trinajstić information content (AvgIpc) is 2.72. The topological polar surface area (TPSA) is 67.8 Å². The molecule has 3 aromatic rings. The second-order valence-electron chi connectivity index (χ2n) is 5.78. The van der Waals surface area contributed by atoms with Gasteiger partial charge in [-0.2, -0.15) is 0 Å². The Balaban J connectivity index is 0.000000194. The van der Waals surface area contributed by atoms with E-state index < -0.39 is 0 Å². The number of nitrogens with one attached hydrogen (secondary N) is 1. The summed E-state index contributed by atoms with van der Waals surface area (Å²) in [7, 11) is 1.55. The van der Waals surface area contributed by atoms with Crippen molar-refractivity contribution in [2.75, 3.05) is 20.3 Å². The van der Waals surface area contributed by atoms with Gasteiger partial charge < -0.3 is 19.9 Å². The van der Waals surface area contributed by atoms with Crippen molar-refractivity contribution in [2.45, 2.75) is 12.8 Å². The summed E-state index contributed by atoms with van der Waals surface area (Å²) < 4.78 is 10.5. The number of para-hydroxylation sites is 1. The van der Waals surface area contributed by atoms with E-state index in [0.717, 1.165) is 42.3 Å². The number of carbonyl (C=O) groups excluding carboxylic acids is 1. The second-order valence-corrected chi connectivity index (χ2v) is 5.78. The maximum atomic E-state index is 9.92. The summed E-state index contributed by atoms with van der Waals surface area (Å²) in [5.74, 6) is 1.62. The molecule has 0 heterocycles. The zero-order valence-corrected chi connectivity index (χ0v) is 15.4. The molecule has 0 bridgehead atoms. The van der Waals surface area contributed by atoms with Crippen LogP contribution < -0.4 is 14.8 Å². The minimum atomic E-state index is 0.209. The molecular formula is C22H25NO4. The average molecular weight is 367 g/mol. The first-order valence-corrected chi connectivity index (χ1v) is 8.86. The third-order valence-corrected chi connectivity index (χ3v) is 3.89. The number of amides is 1. The maximum absolute atomic E-state index is 9.92. The van der Waals surface area contributed by atoms with Gasteiger partial charge >= 0.3 is 0 Å². The molecule has 2 N–H and O–H groups in total. The summed E-state index contributed by atoms with van der Waals surface area (Å²) in [6.45, 7) is 1.42. The smallest absolute Gasteiger partial charge is 0.207 e. The molecule has 5 nitrogen and oxygen atoms in total. The Bertz CT molecular complexity index is 821. The monoisotopic (exact) mass is 367 g/mol. The molecule has 3 aromatic carbocycles. The van der Waals surface area contributed by atoms with Crippen LogP contribution in [-0.4, -0.2) is 31.8 Å². The minimum Gasteiger partial charge on any atom is -0.504 e. The number of unbranched alkanes of at least 4 members (excludes halogenated alkanes) is 1. The van der Waals surface area contributed by atoms with Crippen molar-refractivity contribution < 1.29 is 19.4 Å². The number of methoxy groups -OCH3 is 1. The number of fused-ring (bicyclic) bond motifs is 1. The van der Waals surface area contributed by atoms with Gasteiger partial charge in [-0.05, 0) is 36.4 Å². The zero-order chi connectivity index (χ0) is 19.3. The Morgan fingerprint density at radius 2 is 1.70 bits per heavy atom. The second kappa shape index (κ2) is 11.4. The summed E-state index contributed by atoms with van der Waals surface area (Å²) in [5, 5.41) is 14.2. The number of ether oxygens (including phenoxy) is 2. The van der Waals surface area contributed by atoms with Crippen LogP contribution >= 0.6 is 0 Å². The predicted molar refractivity (Wildman–Crippen MR) is 107 cm³/mol. The highest BCUT2D eigenvalue weighted by Crippen LogP contribution is 2.33. The molecule has 0 atom stereocenters. The Kier molecular flexibility index (Phi) is 8.50. The number of phenolic OH excluding ortho intramolecular Hbond substituents is 1. The fourth-order valence-corrected chi connectivity index (χ4v) is 2.49. The first-order valence-electron chi connectivity index (χ1n) is 8.86. The van der Waals surface area contributed by atoms with Gasteiger partial charge in [0, 0.05) is 11.9 Å². The van der Waals surface area contributed by atoms with Crippen LogP contribution in [0, 0.1) is 0 Å². The van der Waals surface area contributed by atoms with Crippen molar-refractivity contribution >= 4 is 17.2 Å². The van der Waals surface area contributed by atoms with Gasteiger partial charge in [-0.15, -0.1) is 0 Å². The van der Waals surface area contributed by atoms with E-state index >= 15 is 0 Å². The molecule has 0 radical (unpaired) electrons. The van der Waals surface area contributed by atoms with Gasteiger partial charge in [0.1, 0.15) is 5.75 Å². The molecule has 1 amide bonds. The lowest BCUT2D eigenvalue weighted by molar-refractivity contribution is -0.109. The van der Waals surface area contributed by atoms with Gasteiger partial charge in [0.25, 0.3) is 0 Å². The van der Waals surface area contributed by atoms with Crippen LogP contribution in [0.5, 0.6) is 17.2 Å². The number of aromatic hydroxyl groups is 1. The van der Waals surface area contributed by atoms with Gasteiger partial charge in [0.15, 0.2) is 11.5 Å². The summed E-state index contributed by atoms with van der Waals surface area (Å²) in [5.41, 5.74) is 0. The van der Waals surface area contributed by atoms with Crippen molar-refractivity contribution in [3.8, 4) is 17.2 Å². The number of benzene rings is 3. The standard InChI is InChI=1S/C11H15NO2.C11H10O2/c13-10-12-8-4-5-9-14-11-6-2-1-3-7-11;1-13-10-7-6-8-4-2-3-5-9(8)11(10)12/h1-3,6-7,10H,4-5,8-9H2,(H,12,13);2-7,12H,1H3. The van der Waals surface area contributed by atoms with E-state index in [1.165, 1.54) is 0 Å². The highest BCUT2D eigenvalue weighted by atomic mass is 16.5. The van der Waals surface area contributed by atoms with Crippen molar-refractivity contribution in [1.82, 2.24) is 5.32 Å². The lowest BCUT2D eigenvalue weighted by atomic mass is 10.1. The van der Waals surface area contributed by atoms with Crippen molar-refractivity contribution in [3.05, 3.63) is 66.7 Å². The molecule has 0 aliphatic rings.